The summed E-state index contributed by atoms with van der Waals surface area (Å²) in [5.74, 6) is -2.21. The van der Waals surface area contributed by atoms with Crippen LogP contribution in [0.1, 0.15) is 130 Å². The molecule has 0 radical (unpaired) electrons. The smallest absolute Gasteiger partial charge is 0.308 e. The van der Waals surface area contributed by atoms with Crippen LogP contribution in [0.5, 0.6) is 5.75 Å². The quantitative estimate of drug-likeness (QED) is 0.194. The Morgan fingerprint density at radius 1 is 0.906 bits per heavy atom. The van der Waals surface area contributed by atoms with Gasteiger partial charge in [-0.2, -0.15) is 0 Å². The fourth-order valence-electron chi connectivity index (χ4n) is 12.5. The second-order valence-corrected chi connectivity index (χ2v) is 20.9. The second-order valence-electron chi connectivity index (χ2n) is 20.9. The van der Waals surface area contributed by atoms with E-state index in [9.17, 15) is 9.90 Å². The maximum absolute atomic E-state index is 12.2. The van der Waals surface area contributed by atoms with Crippen molar-refractivity contribution in [1.29, 1.82) is 0 Å². The standard InChI is InChI=1S/C52H76O12/c1-12-50(46-32(4)26-40(59-46)43-31(3)25-33(5)52(62-43)29-58-48(63-52)38-17-19-39(55-10)20-18-38)22-21-42(60-50)49(9)23-24-51(64-49)27-41(57-28-37-15-13-30(2)14-16-37)34(6)45(61-51)35(7)44(56-11)36(8)47(53)54/h13-20,31-36,40-46,48H,12,21-29H2,1-11H3,(H,53,54)/t31-,32-,33+,34+,35-,36-,40+,41-,42+,43-,44+,45-,46+,48?,49-,50-,51+,52+/m0/s1. The van der Waals surface area contributed by atoms with E-state index in [-0.39, 0.29) is 66.2 Å². The largest absolute Gasteiger partial charge is 0.497 e. The molecule has 6 saturated heterocycles. The van der Waals surface area contributed by atoms with Crippen LogP contribution in [0.25, 0.3) is 0 Å². The van der Waals surface area contributed by atoms with Gasteiger partial charge in [-0.3, -0.25) is 4.79 Å². The van der Waals surface area contributed by atoms with Gasteiger partial charge in [0.2, 0.25) is 0 Å². The SMILES string of the molecule is CC[C@@]1([C@@H]2O[C@@H]([C@H]3O[C@@]4(COC(c5ccc(OC)cc5)O4)[C@H](C)C[C@@H]3C)C[C@@H]2C)CC[C@H]([C@]2(C)CC[C@]3(C[C@H](OCc4ccc(C)cc4)[C@@H](C)[C@@H]([C@@H](C)[C@@H](OC)[C@H](C)C(=O)O)O3)O2)O1. The fourth-order valence-corrected chi connectivity index (χ4v) is 12.5. The summed E-state index contributed by atoms with van der Waals surface area (Å²) in [5, 5.41) is 10.0. The van der Waals surface area contributed by atoms with Crippen LogP contribution in [0, 0.1) is 42.4 Å². The Hall–Kier alpha value is -2.65. The summed E-state index contributed by atoms with van der Waals surface area (Å²) in [6.07, 6.45) is 4.19. The highest BCUT2D eigenvalue weighted by molar-refractivity contribution is 5.70. The number of hydrogen-bond acceptors (Lipinski definition) is 11. The van der Waals surface area contributed by atoms with Crippen LogP contribution < -0.4 is 4.74 Å². The molecule has 0 saturated carbocycles. The number of carbonyl (C=O) groups is 1. The Bertz CT molecular complexity index is 1890. The van der Waals surface area contributed by atoms with E-state index in [0.717, 1.165) is 55.4 Å². The van der Waals surface area contributed by atoms with E-state index in [1.54, 1.807) is 21.1 Å². The molecular weight excluding hydrogens is 817 g/mol. The van der Waals surface area contributed by atoms with E-state index in [1.807, 2.05) is 31.2 Å². The summed E-state index contributed by atoms with van der Waals surface area (Å²) in [6.45, 7) is 20.0. The van der Waals surface area contributed by atoms with Crippen molar-refractivity contribution in [2.75, 3.05) is 20.8 Å². The van der Waals surface area contributed by atoms with Gasteiger partial charge < -0.3 is 52.5 Å². The Labute approximate surface area is 381 Å². The monoisotopic (exact) mass is 893 g/mol. The van der Waals surface area contributed by atoms with Crippen LogP contribution in [0.15, 0.2) is 48.5 Å². The maximum atomic E-state index is 12.2. The third-order valence-electron chi connectivity index (χ3n) is 16.5. The predicted octanol–water partition coefficient (Wildman–Crippen LogP) is 9.58. The molecule has 0 aromatic heterocycles. The van der Waals surface area contributed by atoms with Gasteiger partial charge in [0.25, 0.3) is 0 Å². The molecule has 0 bridgehead atoms. The molecule has 6 aliphatic heterocycles. The molecule has 8 rings (SSSR count). The van der Waals surface area contributed by atoms with Crippen LogP contribution in [0.2, 0.25) is 0 Å². The molecule has 6 heterocycles. The van der Waals surface area contributed by atoms with Crippen LogP contribution in [0.3, 0.4) is 0 Å². The van der Waals surface area contributed by atoms with Crippen LogP contribution >= 0.6 is 0 Å². The highest BCUT2D eigenvalue weighted by Crippen LogP contribution is 2.56. The lowest BCUT2D eigenvalue weighted by molar-refractivity contribution is -0.339. The van der Waals surface area contributed by atoms with Crippen molar-refractivity contribution < 1.29 is 57.3 Å². The number of aryl methyl sites for hydroxylation is 1. The summed E-state index contributed by atoms with van der Waals surface area (Å²) in [7, 11) is 3.25. The molecule has 18 atom stereocenters. The molecule has 1 N–H and O–H groups in total. The van der Waals surface area contributed by atoms with Crippen LogP contribution in [0.4, 0.5) is 0 Å². The Balaban J connectivity index is 0.963. The first-order chi connectivity index (χ1) is 30.5. The van der Waals surface area contributed by atoms with E-state index in [1.165, 1.54) is 5.56 Å². The molecule has 2 aromatic rings. The van der Waals surface area contributed by atoms with E-state index >= 15 is 0 Å². The van der Waals surface area contributed by atoms with Crippen molar-refractivity contribution in [3.63, 3.8) is 0 Å². The molecule has 6 aliphatic rings. The molecule has 2 aromatic carbocycles. The van der Waals surface area contributed by atoms with Crippen molar-refractivity contribution >= 4 is 5.97 Å². The first-order valence-electron chi connectivity index (χ1n) is 24.2. The number of ether oxygens (including phenoxy) is 10. The van der Waals surface area contributed by atoms with Gasteiger partial charge in [-0.1, -0.05) is 83.5 Å². The molecule has 356 valence electrons. The van der Waals surface area contributed by atoms with Crippen molar-refractivity contribution in [3.05, 3.63) is 65.2 Å². The molecule has 64 heavy (non-hydrogen) atoms. The molecule has 0 aliphatic carbocycles. The number of methoxy groups -OCH3 is 2. The first kappa shape index (κ1) is 47.8. The molecular formula is C52H76O12. The summed E-state index contributed by atoms with van der Waals surface area (Å²) in [6, 6.07) is 16.3. The third kappa shape index (κ3) is 9.06. The van der Waals surface area contributed by atoms with Gasteiger partial charge in [0.15, 0.2) is 17.9 Å². The van der Waals surface area contributed by atoms with E-state index in [4.69, 9.17) is 47.4 Å². The number of aliphatic carboxylic acids is 1. The number of benzene rings is 2. The number of carboxylic acids is 1. The van der Waals surface area contributed by atoms with E-state index in [2.05, 4.69) is 72.7 Å². The normalized spacial score (nSPS) is 42.6. The van der Waals surface area contributed by atoms with Gasteiger partial charge in [0, 0.05) is 43.3 Å². The second kappa shape index (κ2) is 18.8. The van der Waals surface area contributed by atoms with Gasteiger partial charge >= 0.3 is 5.97 Å². The summed E-state index contributed by atoms with van der Waals surface area (Å²) < 4.78 is 67.1. The van der Waals surface area contributed by atoms with Crippen LogP contribution in [-0.4, -0.2) is 97.4 Å². The molecule has 0 amide bonds. The minimum absolute atomic E-state index is 0.0405. The molecule has 12 heteroatoms. The topological polar surface area (TPSA) is 130 Å². The third-order valence-corrected chi connectivity index (χ3v) is 16.5. The predicted molar refractivity (Wildman–Crippen MR) is 240 cm³/mol. The maximum Gasteiger partial charge on any atom is 0.308 e. The minimum atomic E-state index is -0.925. The van der Waals surface area contributed by atoms with Gasteiger partial charge in [-0.15, -0.1) is 0 Å². The number of hydrogen-bond donors (Lipinski definition) is 1. The Morgan fingerprint density at radius 2 is 1.64 bits per heavy atom. The van der Waals surface area contributed by atoms with Crippen molar-refractivity contribution in [2.24, 2.45) is 35.5 Å². The van der Waals surface area contributed by atoms with Crippen molar-refractivity contribution in [3.8, 4) is 5.75 Å². The van der Waals surface area contributed by atoms with Gasteiger partial charge in [-0.25, -0.2) is 0 Å². The Morgan fingerprint density at radius 3 is 2.31 bits per heavy atom. The average Bonchev–Trinajstić information content (AvgIpc) is 4.09. The average molecular weight is 893 g/mol. The minimum Gasteiger partial charge on any atom is -0.497 e. The van der Waals surface area contributed by atoms with Gasteiger partial charge in [0.1, 0.15) is 12.4 Å². The highest BCUT2D eigenvalue weighted by atomic mass is 16.8. The molecule has 6 fully saturated rings. The van der Waals surface area contributed by atoms with Gasteiger partial charge in [-0.05, 0) is 88.8 Å². The highest BCUT2D eigenvalue weighted by Gasteiger charge is 2.63. The molecule has 1 unspecified atom stereocenters. The number of carboxylic acid groups (broad SMARTS) is 1. The molecule has 12 nitrogen and oxygen atoms in total. The summed E-state index contributed by atoms with van der Waals surface area (Å²) in [4.78, 5) is 12.2. The van der Waals surface area contributed by atoms with Crippen molar-refractivity contribution in [1.82, 2.24) is 0 Å². The zero-order valence-corrected chi connectivity index (χ0v) is 40.2. The number of rotatable bonds is 14. The summed E-state index contributed by atoms with van der Waals surface area (Å²) in [5.41, 5.74) is 2.15. The van der Waals surface area contributed by atoms with E-state index < -0.39 is 47.1 Å². The van der Waals surface area contributed by atoms with Gasteiger partial charge in [0.05, 0.1) is 73.6 Å². The molecule has 2 spiro atoms. The van der Waals surface area contributed by atoms with E-state index in [0.29, 0.717) is 26.1 Å². The lowest BCUT2D eigenvalue weighted by Gasteiger charge is -2.50. The summed E-state index contributed by atoms with van der Waals surface area (Å²) >= 11 is 0. The lowest BCUT2D eigenvalue weighted by atomic mass is 9.78. The fraction of sp³-hybridized carbons (Fsp3) is 0.750. The van der Waals surface area contributed by atoms with Crippen molar-refractivity contribution in [2.45, 2.75) is 192 Å². The lowest BCUT2D eigenvalue weighted by Crippen LogP contribution is -2.57. The first-order valence-corrected chi connectivity index (χ1v) is 24.2. The zero-order valence-electron chi connectivity index (χ0n) is 40.2. The zero-order chi connectivity index (χ0) is 45.8. The Kier molecular flexibility index (Phi) is 14.0. The van der Waals surface area contributed by atoms with Crippen LogP contribution in [-0.2, 0) is 54.0 Å².